The topological polar surface area (TPSA) is 91.8 Å². The summed E-state index contributed by atoms with van der Waals surface area (Å²) in [5, 5.41) is 12.2. The average Bonchev–Trinajstić information content (AvgIpc) is 3.04. The molecule has 2 amide bonds. The monoisotopic (exact) mass is 429 g/mol. The van der Waals surface area contributed by atoms with Crippen LogP contribution >= 0.6 is 23.1 Å². The maximum absolute atomic E-state index is 12.9. The highest BCUT2D eigenvalue weighted by Crippen LogP contribution is 2.30. The maximum Gasteiger partial charge on any atom is 0.323 e. The first kappa shape index (κ1) is 23.0. The number of carbonyl (C=O) groups excluding carboxylic acids is 1. The van der Waals surface area contributed by atoms with Crippen LogP contribution in [0.4, 0.5) is 9.93 Å². The Labute approximate surface area is 175 Å². The lowest BCUT2D eigenvalue weighted by atomic mass is 9.86. The number of carboxylic acid groups (broad SMARTS) is 1. The fourth-order valence-corrected chi connectivity index (χ4v) is 4.72. The molecule has 158 valence electrons. The second kappa shape index (κ2) is 10.5. The van der Waals surface area contributed by atoms with Gasteiger partial charge in [0, 0.05) is 12.6 Å². The highest BCUT2D eigenvalue weighted by atomic mass is 32.2. The quantitative estimate of drug-likeness (QED) is 0.589. The van der Waals surface area contributed by atoms with Crippen LogP contribution in [0.3, 0.4) is 0 Å². The van der Waals surface area contributed by atoms with Crippen LogP contribution in [-0.4, -0.2) is 57.5 Å². The molecule has 0 saturated heterocycles. The van der Waals surface area contributed by atoms with Crippen molar-refractivity contribution in [3.63, 3.8) is 0 Å². The van der Waals surface area contributed by atoms with Crippen LogP contribution in [0.15, 0.2) is 10.4 Å². The number of thioether (sulfide) groups is 1. The number of anilines is 1. The second-order valence-electron chi connectivity index (χ2n) is 8.16. The maximum atomic E-state index is 12.9. The fraction of sp³-hybridized carbons (Fsp3) is 0.737. The minimum absolute atomic E-state index is 0.0217. The zero-order chi connectivity index (χ0) is 20.7. The average molecular weight is 430 g/mol. The SMILES string of the molecule is CC1CCC(N(CCOC(C)(C)C)C(=O)Nc2ncc(SCC(=O)O)s2)CC1. The van der Waals surface area contributed by atoms with Gasteiger partial charge in [0.25, 0.3) is 0 Å². The third-order valence-corrected chi connectivity index (χ3v) is 6.68. The van der Waals surface area contributed by atoms with Gasteiger partial charge in [0.2, 0.25) is 0 Å². The van der Waals surface area contributed by atoms with Crippen LogP contribution in [0.2, 0.25) is 0 Å². The molecule has 0 aromatic carbocycles. The van der Waals surface area contributed by atoms with Crippen LogP contribution in [0.25, 0.3) is 0 Å². The predicted molar refractivity (Wildman–Crippen MR) is 113 cm³/mol. The molecule has 1 fully saturated rings. The van der Waals surface area contributed by atoms with E-state index in [9.17, 15) is 9.59 Å². The van der Waals surface area contributed by atoms with Crippen molar-refractivity contribution < 1.29 is 19.4 Å². The molecule has 0 radical (unpaired) electrons. The number of carboxylic acids is 1. The molecule has 28 heavy (non-hydrogen) atoms. The number of nitrogens with one attached hydrogen (secondary N) is 1. The van der Waals surface area contributed by atoms with Crippen molar-refractivity contribution in [2.75, 3.05) is 24.2 Å². The van der Waals surface area contributed by atoms with Gasteiger partial charge in [-0.25, -0.2) is 9.78 Å². The van der Waals surface area contributed by atoms with E-state index in [1.165, 1.54) is 23.1 Å². The Morgan fingerprint density at radius 1 is 1.36 bits per heavy atom. The van der Waals surface area contributed by atoms with Crippen molar-refractivity contribution in [2.45, 2.75) is 69.2 Å². The van der Waals surface area contributed by atoms with Crippen molar-refractivity contribution in [1.82, 2.24) is 9.88 Å². The summed E-state index contributed by atoms with van der Waals surface area (Å²) in [6.07, 6.45) is 5.86. The summed E-state index contributed by atoms with van der Waals surface area (Å²) in [5.74, 6) is -0.188. The Kier molecular flexibility index (Phi) is 8.57. The molecule has 0 atom stereocenters. The molecule has 2 N–H and O–H groups in total. The molecule has 0 spiro atoms. The number of nitrogens with zero attached hydrogens (tertiary/aromatic N) is 2. The standard InChI is InChI=1S/C19H31N3O4S2/c1-13-5-7-14(8-6-13)22(9-10-26-19(2,3)4)18(25)21-17-20-11-16(28-17)27-12-15(23)24/h11,13-14H,5-10,12H2,1-4H3,(H,23,24)(H,20,21,25). The number of hydrogen-bond acceptors (Lipinski definition) is 6. The number of aliphatic carboxylic acids is 1. The lowest BCUT2D eigenvalue weighted by molar-refractivity contribution is -0.133. The molecule has 7 nitrogen and oxygen atoms in total. The van der Waals surface area contributed by atoms with Crippen molar-refractivity contribution in [3.05, 3.63) is 6.20 Å². The van der Waals surface area contributed by atoms with E-state index < -0.39 is 5.97 Å². The van der Waals surface area contributed by atoms with Gasteiger partial charge in [-0.1, -0.05) is 18.3 Å². The summed E-state index contributed by atoms with van der Waals surface area (Å²) in [4.78, 5) is 29.7. The molecule has 1 saturated carbocycles. The van der Waals surface area contributed by atoms with Gasteiger partial charge < -0.3 is 14.7 Å². The number of thiazole rings is 1. The van der Waals surface area contributed by atoms with E-state index in [0.717, 1.165) is 29.9 Å². The summed E-state index contributed by atoms with van der Waals surface area (Å²) < 4.78 is 6.61. The van der Waals surface area contributed by atoms with Gasteiger partial charge in [-0.3, -0.25) is 10.1 Å². The van der Waals surface area contributed by atoms with Crippen molar-refractivity contribution in [2.24, 2.45) is 5.92 Å². The predicted octanol–water partition coefficient (Wildman–Crippen LogP) is 4.55. The van der Waals surface area contributed by atoms with E-state index in [4.69, 9.17) is 9.84 Å². The molecule has 1 aliphatic carbocycles. The third kappa shape index (κ3) is 7.97. The normalized spacial score (nSPS) is 20.0. The molecule has 2 rings (SSSR count). The minimum atomic E-state index is -0.875. The van der Waals surface area contributed by atoms with Gasteiger partial charge in [-0.05, 0) is 52.4 Å². The van der Waals surface area contributed by atoms with E-state index in [0.29, 0.717) is 24.2 Å². The number of amides is 2. The summed E-state index contributed by atoms with van der Waals surface area (Å²) >= 11 is 2.50. The van der Waals surface area contributed by atoms with E-state index in [2.05, 4.69) is 17.2 Å². The Morgan fingerprint density at radius 3 is 2.64 bits per heavy atom. The van der Waals surface area contributed by atoms with Crippen molar-refractivity contribution in [3.8, 4) is 0 Å². The molecule has 0 bridgehead atoms. The molecular weight excluding hydrogens is 398 g/mol. The highest BCUT2D eigenvalue weighted by molar-refractivity contribution is 8.01. The van der Waals surface area contributed by atoms with Gasteiger partial charge in [0.15, 0.2) is 5.13 Å². The van der Waals surface area contributed by atoms with E-state index in [1.54, 1.807) is 6.20 Å². The molecule has 0 unspecified atom stereocenters. The zero-order valence-corrected chi connectivity index (χ0v) is 18.7. The molecule has 9 heteroatoms. The lowest BCUT2D eigenvalue weighted by Crippen LogP contribution is -2.46. The molecular formula is C19H31N3O4S2. The largest absolute Gasteiger partial charge is 0.481 e. The van der Waals surface area contributed by atoms with Crippen LogP contribution in [0.5, 0.6) is 0 Å². The van der Waals surface area contributed by atoms with Crippen LogP contribution in [0, 0.1) is 5.92 Å². The van der Waals surface area contributed by atoms with E-state index in [-0.39, 0.29) is 23.4 Å². The second-order valence-corrected chi connectivity index (χ2v) is 10.5. The van der Waals surface area contributed by atoms with Gasteiger partial charge in [0.1, 0.15) is 0 Å². The van der Waals surface area contributed by atoms with Gasteiger partial charge >= 0.3 is 12.0 Å². The van der Waals surface area contributed by atoms with Crippen molar-refractivity contribution in [1.29, 1.82) is 0 Å². The Hall–Kier alpha value is -1.32. The fourth-order valence-electron chi connectivity index (χ4n) is 3.13. The van der Waals surface area contributed by atoms with Crippen LogP contribution in [-0.2, 0) is 9.53 Å². The first-order valence-corrected chi connectivity index (χ1v) is 11.5. The molecule has 1 aliphatic rings. The number of urea groups is 1. The van der Waals surface area contributed by atoms with Gasteiger partial charge in [-0.2, -0.15) is 0 Å². The number of hydrogen-bond donors (Lipinski definition) is 2. The first-order chi connectivity index (χ1) is 13.1. The molecule has 1 aromatic rings. The Balaban J connectivity index is 1.98. The Morgan fingerprint density at radius 2 is 2.04 bits per heavy atom. The first-order valence-electron chi connectivity index (χ1n) is 9.66. The molecule has 1 heterocycles. The summed E-state index contributed by atoms with van der Waals surface area (Å²) in [6.45, 7) is 9.30. The summed E-state index contributed by atoms with van der Waals surface area (Å²) in [5.41, 5.74) is -0.241. The molecule has 0 aliphatic heterocycles. The van der Waals surface area contributed by atoms with Crippen LogP contribution < -0.4 is 5.32 Å². The van der Waals surface area contributed by atoms with E-state index >= 15 is 0 Å². The van der Waals surface area contributed by atoms with E-state index in [1.807, 2.05) is 25.7 Å². The minimum Gasteiger partial charge on any atom is -0.481 e. The molecule has 1 aromatic heterocycles. The zero-order valence-electron chi connectivity index (χ0n) is 17.1. The third-order valence-electron chi connectivity index (χ3n) is 4.59. The van der Waals surface area contributed by atoms with Gasteiger partial charge in [-0.15, -0.1) is 11.8 Å². The highest BCUT2D eigenvalue weighted by Gasteiger charge is 2.28. The number of ether oxygens (including phenoxy) is 1. The summed E-state index contributed by atoms with van der Waals surface area (Å²) in [6, 6.07) is 0.0433. The van der Waals surface area contributed by atoms with Crippen molar-refractivity contribution >= 4 is 40.2 Å². The van der Waals surface area contributed by atoms with Crippen LogP contribution in [0.1, 0.15) is 53.4 Å². The lowest BCUT2D eigenvalue weighted by Gasteiger charge is -2.36. The Bertz CT molecular complexity index is 652. The number of aromatic nitrogens is 1. The number of rotatable bonds is 8. The summed E-state index contributed by atoms with van der Waals surface area (Å²) in [7, 11) is 0. The van der Waals surface area contributed by atoms with Gasteiger partial charge in [0.05, 0.1) is 28.4 Å². The smallest absolute Gasteiger partial charge is 0.323 e. The number of carbonyl (C=O) groups is 2.